The van der Waals surface area contributed by atoms with Crippen molar-refractivity contribution in [2.24, 2.45) is 0 Å². The second-order valence-corrected chi connectivity index (χ2v) is 1.08. The summed E-state index contributed by atoms with van der Waals surface area (Å²) in [7, 11) is 0. The van der Waals surface area contributed by atoms with Crippen molar-refractivity contribution in [3.05, 3.63) is 36.4 Å². The molecule has 1 rings (SSSR count). The van der Waals surface area contributed by atoms with Crippen molar-refractivity contribution < 1.29 is 33.1 Å². The van der Waals surface area contributed by atoms with Crippen LogP contribution in [0, 0.1) is 6.07 Å². The first kappa shape index (κ1) is 11.0. The van der Waals surface area contributed by atoms with Gasteiger partial charge in [0.25, 0.3) is 0 Å². The Kier molecular flexibility index (Phi) is 9.77. The van der Waals surface area contributed by atoms with Crippen molar-refractivity contribution in [3.8, 4) is 0 Å². The monoisotopic (exact) mass is 297 g/mol. The first-order valence-electron chi connectivity index (χ1n) is 1.91. The standard InChI is InChI=1S/C6H5.Hg.H2O/c1-2-4-6-5-3-1;;/h1-5H;;1H2. The molecule has 1 nitrogen and oxygen atoms in total. The molecule has 0 atom stereocenters. The molecule has 2 heteroatoms. The maximum atomic E-state index is 2.89. The summed E-state index contributed by atoms with van der Waals surface area (Å²) in [6.07, 6.45) is 0. The second-order valence-electron chi connectivity index (χ2n) is 1.08. The van der Waals surface area contributed by atoms with E-state index in [1.165, 1.54) is 0 Å². The Bertz CT molecular complexity index is 80.5. The predicted molar refractivity (Wildman–Crippen MR) is 28.9 cm³/mol. The van der Waals surface area contributed by atoms with Crippen LogP contribution in [0.5, 0.6) is 0 Å². The number of hydrogen-bond donors (Lipinski definition) is 0. The molecule has 0 saturated carbocycles. The van der Waals surface area contributed by atoms with Crippen LogP contribution in [0.25, 0.3) is 0 Å². The van der Waals surface area contributed by atoms with Crippen LogP contribution >= 0.6 is 0 Å². The molecule has 0 amide bonds. The van der Waals surface area contributed by atoms with E-state index in [0.717, 1.165) is 0 Å². The average Bonchev–Trinajstić information content (AvgIpc) is 1.72. The minimum absolute atomic E-state index is 0. The molecule has 0 saturated heterocycles. The van der Waals surface area contributed by atoms with Crippen LogP contribution < -0.4 is 0 Å². The first-order chi connectivity index (χ1) is 3.00. The SMILES string of the molecule is O.[Hg].[c]1ccccc1. The Hall–Kier alpha value is 0.115. The molecule has 0 aliphatic rings. The third-order valence-electron chi connectivity index (χ3n) is 0.607. The number of benzene rings is 1. The summed E-state index contributed by atoms with van der Waals surface area (Å²) in [6, 6.07) is 12.5. The average molecular weight is 296 g/mol. The summed E-state index contributed by atoms with van der Waals surface area (Å²) in [5.74, 6) is 0. The van der Waals surface area contributed by atoms with Gasteiger partial charge < -0.3 is 5.48 Å². The van der Waals surface area contributed by atoms with Crippen LogP contribution in [-0.2, 0) is 27.7 Å². The van der Waals surface area contributed by atoms with E-state index < -0.39 is 0 Å². The van der Waals surface area contributed by atoms with Gasteiger partial charge in [0.2, 0.25) is 0 Å². The van der Waals surface area contributed by atoms with E-state index in [1.54, 1.807) is 0 Å². The molecule has 1 aromatic carbocycles. The van der Waals surface area contributed by atoms with Gasteiger partial charge in [-0.3, -0.25) is 0 Å². The van der Waals surface area contributed by atoms with Crippen LogP contribution in [-0.4, -0.2) is 5.48 Å². The third-order valence-corrected chi connectivity index (χ3v) is 0.607. The van der Waals surface area contributed by atoms with Crippen LogP contribution in [0.2, 0.25) is 0 Å². The smallest absolute Gasteiger partial charge is 0 e. The molecule has 0 spiro atoms. The summed E-state index contributed by atoms with van der Waals surface area (Å²) in [4.78, 5) is 0. The van der Waals surface area contributed by atoms with E-state index in [4.69, 9.17) is 0 Å². The molecular weight excluding hydrogens is 289 g/mol. The van der Waals surface area contributed by atoms with Crippen molar-refractivity contribution in [3.63, 3.8) is 0 Å². The van der Waals surface area contributed by atoms with Crippen molar-refractivity contribution >= 4 is 0 Å². The van der Waals surface area contributed by atoms with Crippen molar-refractivity contribution in [1.29, 1.82) is 0 Å². The van der Waals surface area contributed by atoms with Crippen LogP contribution in [0.4, 0.5) is 0 Å². The maximum absolute atomic E-state index is 2.89. The van der Waals surface area contributed by atoms with Gasteiger partial charge in [-0.25, -0.2) is 0 Å². The zero-order valence-electron chi connectivity index (χ0n) is 4.59. The van der Waals surface area contributed by atoms with Crippen molar-refractivity contribution in [1.82, 2.24) is 0 Å². The van der Waals surface area contributed by atoms with Gasteiger partial charge in [-0.05, 0) is 6.07 Å². The van der Waals surface area contributed by atoms with E-state index in [2.05, 4.69) is 6.07 Å². The topological polar surface area (TPSA) is 31.5 Å². The fourth-order valence-electron chi connectivity index (χ4n) is 0.342. The van der Waals surface area contributed by atoms with E-state index in [-0.39, 0.29) is 33.1 Å². The molecule has 0 fully saturated rings. The normalized spacial score (nSPS) is 6.00. The van der Waals surface area contributed by atoms with Crippen molar-refractivity contribution in [2.75, 3.05) is 0 Å². The molecule has 0 aliphatic heterocycles. The molecule has 1 aromatic rings. The molecular formula is C6H7HgO. The van der Waals surface area contributed by atoms with Gasteiger partial charge in [0.05, 0.1) is 0 Å². The zero-order chi connectivity index (χ0) is 4.24. The van der Waals surface area contributed by atoms with Crippen LogP contribution in [0.1, 0.15) is 0 Å². The predicted octanol–water partition coefficient (Wildman–Crippen LogP) is 0.660. The van der Waals surface area contributed by atoms with Gasteiger partial charge in [0, 0.05) is 27.7 Å². The molecule has 0 aliphatic carbocycles. The van der Waals surface area contributed by atoms with Crippen molar-refractivity contribution in [2.45, 2.75) is 0 Å². The van der Waals surface area contributed by atoms with Crippen LogP contribution in [0.3, 0.4) is 0 Å². The second kappa shape index (κ2) is 7.12. The molecule has 1 radical (unpaired) electrons. The van der Waals surface area contributed by atoms with E-state index >= 15 is 0 Å². The Morgan fingerprint density at radius 3 is 1.50 bits per heavy atom. The Labute approximate surface area is 69.5 Å². The molecule has 0 heterocycles. The molecule has 0 bridgehead atoms. The van der Waals surface area contributed by atoms with Gasteiger partial charge in [-0.2, -0.15) is 0 Å². The first-order valence-corrected chi connectivity index (χ1v) is 1.91. The van der Waals surface area contributed by atoms with E-state index in [1.807, 2.05) is 30.3 Å². The van der Waals surface area contributed by atoms with Gasteiger partial charge in [0.15, 0.2) is 0 Å². The van der Waals surface area contributed by atoms with Gasteiger partial charge in [-0.1, -0.05) is 30.3 Å². The quantitative estimate of drug-likeness (QED) is 0.630. The number of rotatable bonds is 0. The van der Waals surface area contributed by atoms with Gasteiger partial charge in [0.1, 0.15) is 0 Å². The molecule has 0 aromatic heterocycles. The maximum Gasteiger partial charge on any atom is 0 e. The molecule has 0 unspecified atom stereocenters. The molecule has 2 N–H and O–H groups in total. The Morgan fingerprint density at radius 2 is 1.38 bits per heavy atom. The Balaban J connectivity index is 0. The summed E-state index contributed by atoms with van der Waals surface area (Å²) in [5.41, 5.74) is 0. The summed E-state index contributed by atoms with van der Waals surface area (Å²) < 4.78 is 0. The van der Waals surface area contributed by atoms with E-state index in [9.17, 15) is 0 Å². The minimum Gasteiger partial charge on any atom is -0.412 e. The van der Waals surface area contributed by atoms with E-state index in [0.29, 0.717) is 0 Å². The molecule has 8 heavy (non-hydrogen) atoms. The summed E-state index contributed by atoms with van der Waals surface area (Å²) in [5, 5.41) is 0. The van der Waals surface area contributed by atoms with Gasteiger partial charge in [-0.15, -0.1) is 0 Å². The summed E-state index contributed by atoms with van der Waals surface area (Å²) in [6.45, 7) is 0. The van der Waals surface area contributed by atoms with Crippen LogP contribution in [0.15, 0.2) is 30.3 Å². The zero-order valence-corrected chi connectivity index (χ0v) is 10.1. The van der Waals surface area contributed by atoms with Gasteiger partial charge >= 0.3 is 0 Å². The molecule has 39 valence electrons. The fraction of sp³-hybridized carbons (Fsp3) is 0. The fourth-order valence-corrected chi connectivity index (χ4v) is 0.342. The number of hydrogen-bond acceptors (Lipinski definition) is 0. The Morgan fingerprint density at radius 1 is 0.875 bits per heavy atom. The largest absolute Gasteiger partial charge is 0.412 e. The third kappa shape index (κ3) is 4.28. The minimum atomic E-state index is 0. The summed E-state index contributed by atoms with van der Waals surface area (Å²) >= 11 is 0.